The second-order valence-electron chi connectivity index (χ2n) is 5.76. The Hall–Kier alpha value is -1.81. The molecule has 2 unspecified atom stereocenters. The topological polar surface area (TPSA) is 44.1 Å². The summed E-state index contributed by atoms with van der Waals surface area (Å²) >= 11 is 5.84. The Labute approximate surface area is 135 Å². The Morgan fingerprint density at radius 1 is 1.50 bits per heavy atom. The second kappa shape index (κ2) is 6.13. The summed E-state index contributed by atoms with van der Waals surface area (Å²) in [6.45, 7) is 5.14. The van der Waals surface area contributed by atoms with Crippen molar-refractivity contribution in [3.05, 3.63) is 52.6 Å². The first-order valence-corrected chi connectivity index (χ1v) is 7.89. The van der Waals surface area contributed by atoms with Gasteiger partial charge >= 0.3 is 5.97 Å². The third-order valence-electron chi connectivity index (χ3n) is 4.13. The molecule has 0 spiro atoms. The molecule has 1 heterocycles. The summed E-state index contributed by atoms with van der Waals surface area (Å²) in [7, 11) is 0. The summed E-state index contributed by atoms with van der Waals surface area (Å²) in [6, 6.07) is 6.42. The maximum atomic E-state index is 11.7. The van der Waals surface area contributed by atoms with Gasteiger partial charge < -0.3 is 9.30 Å². The van der Waals surface area contributed by atoms with E-state index >= 15 is 0 Å². The van der Waals surface area contributed by atoms with E-state index in [9.17, 15) is 4.79 Å². The zero-order valence-electron chi connectivity index (χ0n) is 12.8. The van der Waals surface area contributed by atoms with E-state index in [0.29, 0.717) is 17.7 Å². The lowest BCUT2D eigenvalue weighted by Gasteiger charge is -2.09. The smallest absolute Gasteiger partial charge is 0.309 e. The third kappa shape index (κ3) is 3.17. The zero-order chi connectivity index (χ0) is 15.7. The number of aromatic nitrogens is 2. The van der Waals surface area contributed by atoms with Gasteiger partial charge in [0.05, 0.1) is 18.9 Å². The van der Waals surface area contributed by atoms with Crippen LogP contribution in [0.3, 0.4) is 0 Å². The molecular weight excluding hydrogens is 300 g/mol. The lowest BCUT2D eigenvalue weighted by atomic mass is 10.0. The molecule has 4 nitrogen and oxygen atoms in total. The average molecular weight is 319 g/mol. The van der Waals surface area contributed by atoms with Crippen molar-refractivity contribution in [2.75, 3.05) is 6.61 Å². The van der Waals surface area contributed by atoms with E-state index < -0.39 is 0 Å². The van der Waals surface area contributed by atoms with Crippen LogP contribution in [0.1, 0.15) is 36.0 Å². The molecule has 1 fully saturated rings. The maximum absolute atomic E-state index is 11.7. The van der Waals surface area contributed by atoms with Gasteiger partial charge in [0.1, 0.15) is 5.15 Å². The van der Waals surface area contributed by atoms with Gasteiger partial charge in [0.15, 0.2) is 0 Å². The summed E-state index contributed by atoms with van der Waals surface area (Å²) in [6.07, 6.45) is 4.44. The molecule has 1 aliphatic carbocycles. The number of halogens is 1. The van der Waals surface area contributed by atoms with Crippen LogP contribution in [0.4, 0.5) is 0 Å². The van der Waals surface area contributed by atoms with E-state index in [-0.39, 0.29) is 11.9 Å². The third-order valence-corrected chi connectivity index (χ3v) is 4.32. The summed E-state index contributed by atoms with van der Waals surface area (Å²) in [5.41, 5.74) is 3.67. The molecule has 0 N–H and O–H groups in total. The monoisotopic (exact) mass is 318 g/mol. The summed E-state index contributed by atoms with van der Waals surface area (Å²) < 4.78 is 7.05. The second-order valence-corrected chi connectivity index (χ2v) is 6.14. The number of ether oxygens (including phenoxy) is 1. The van der Waals surface area contributed by atoms with E-state index in [4.69, 9.17) is 16.3 Å². The number of carbonyl (C=O) groups excluding carboxylic acids is 1. The molecule has 116 valence electrons. The number of nitrogens with zero attached hydrogens (tertiary/aromatic N) is 2. The molecule has 0 radical (unpaired) electrons. The number of rotatable bonds is 5. The minimum atomic E-state index is -0.0673. The quantitative estimate of drug-likeness (QED) is 0.792. The Balaban J connectivity index is 1.69. The molecular formula is C17H19ClN2O2. The van der Waals surface area contributed by atoms with E-state index in [0.717, 1.165) is 13.0 Å². The number of carbonyl (C=O) groups is 1. The molecule has 5 heteroatoms. The van der Waals surface area contributed by atoms with Crippen molar-refractivity contribution >= 4 is 17.6 Å². The number of aryl methyl sites for hydroxylation is 1. The van der Waals surface area contributed by atoms with E-state index in [1.807, 2.05) is 17.7 Å². The zero-order valence-corrected chi connectivity index (χ0v) is 13.5. The number of hydrogen-bond acceptors (Lipinski definition) is 3. The van der Waals surface area contributed by atoms with Crippen LogP contribution in [0.2, 0.25) is 5.15 Å². The van der Waals surface area contributed by atoms with Crippen LogP contribution in [-0.4, -0.2) is 22.1 Å². The van der Waals surface area contributed by atoms with Crippen LogP contribution in [0.25, 0.3) is 0 Å². The Morgan fingerprint density at radius 3 is 2.95 bits per heavy atom. The number of imidazole rings is 1. The van der Waals surface area contributed by atoms with Gasteiger partial charge in [-0.2, -0.15) is 0 Å². The van der Waals surface area contributed by atoms with Crippen molar-refractivity contribution in [1.82, 2.24) is 9.55 Å². The first kappa shape index (κ1) is 15.1. The molecule has 0 amide bonds. The fourth-order valence-corrected chi connectivity index (χ4v) is 2.99. The Kier molecular flexibility index (Phi) is 4.21. The standard InChI is InChI=1S/C17H19ClN2O2/c1-3-22-17(21)15-7-14(15)12-4-5-13(11(2)6-12)8-20-9-16(18)19-10-20/h4-6,9-10,14-15H,3,7-8H2,1-2H3. The number of benzene rings is 1. The van der Waals surface area contributed by atoms with Gasteiger partial charge in [0.25, 0.3) is 0 Å². The number of esters is 1. The molecule has 22 heavy (non-hydrogen) atoms. The van der Waals surface area contributed by atoms with Crippen molar-refractivity contribution < 1.29 is 9.53 Å². The lowest BCUT2D eigenvalue weighted by molar-refractivity contribution is -0.144. The lowest BCUT2D eigenvalue weighted by Crippen LogP contribution is -2.07. The van der Waals surface area contributed by atoms with Gasteiger partial charge in [-0.15, -0.1) is 0 Å². The van der Waals surface area contributed by atoms with Crippen LogP contribution in [-0.2, 0) is 16.1 Å². The molecule has 2 atom stereocenters. The molecule has 0 bridgehead atoms. The Morgan fingerprint density at radius 2 is 2.32 bits per heavy atom. The van der Waals surface area contributed by atoms with E-state index in [2.05, 4.69) is 30.1 Å². The highest BCUT2D eigenvalue weighted by atomic mass is 35.5. The molecule has 2 aromatic rings. The van der Waals surface area contributed by atoms with Crippen molar-refractivity contribution in [1.29, 1.82) is 0 Å². The van der Waals surface area contributed by atoms with Crippen molar-refractivity contribution in [3.63, 3.8) is 0 Å². The van der Waals surface area contributed by atoms with Crippen LogP contribution in [0, 0.1) is 12.8 Å². The molecule has 0 aliphatic heterocycles. The van der Waals surface area contributed by atoms with Crippen LogP contribution < -0.4 is 0 Å². The Bertz CT molecular complexity index is 696. The predicted octanol–water partition coefficient (Wildman–Crippen LogP) is 3.56. The van der Waals surface area contributed by atoms with E-state index in [1.165, 1.54) is 16.7 Å². The maximum Gasteiger partial charge on any atom is 0.309 e. The van der Waals surface area contributed by atoms with Crippen molar-refractivity contribution in [3.8, 4) is 0 Å². The molecule has 0 saturated heterocycles. The van der Waals surface area contributed by atoms with Crippen molar-refractivity contribution in [2.45, 2.75) is 32.7 Å². The molecule has 1 aromatic carbocycles. The fourth-order valence-electron chi connectivity index (χ4n) is 2.82. The minimum absolute atomic E-state index is 0.0395. The SMILES string of the molecule is CCOC(=O)C1CC1c1ccc(Cn2cnc(Cl)c2)c(C)c1. The highest BCUT2D eigenvalue weighted by Crippen LogP contribution is 2.48. The largest absolute Gasteiger partial charge is 0.466 e. The van der Waals surface area contributed by atoms with Gasteiger partial charge in [-0.25, -0.2) is 4.98 Å². The van der Waals surface area contributed by atoms with Gasteiger partial charge in [0, 0.05) is 12.7 Å². The minimum Gasteiger partial charge on any atom is -0.466 e. The molecule has 1 aromatic heterocycles. The van der Waals surface area contributed by atoms with Crippen LogP contribution in [0.5, 0.6) is 0 Å². The van der Waals surface area contributed by atoms with Crippen LogP contribution >= 0.6 is 11.6 Å². The first-order valence-electron chi connectivity index (χ1n) is 7.51. The van der Waals surface area contributed by atoms with Crippen LogP contribution in [0.15, 0.2) is 30.7 Å². The van der Waals surface area contributed by atoms with Crippen molar-refractivity contribution in [2.24, 2.45) is 5.92 Å². The highest BCUT2D eigenvalue weighted by molar-refractivity contribution is 6.29. The molecule has 1 saturated carbocycles. The van der Waals surface area contributed by atoms with Gasteiger partial charge in [0.2, 0.25) is 0 Å². The summed E-state index contributed by atoms with van der Waals surface area (Å²) in [5.74, 6) is 0.287. The normalized spacial score (nSPS) is 20.0. The number of hydrogen-bond donors (Lipinski definition) is 0. The molecule has 1 aliphatic rings. The predicted molar refractivity (Wildman–Crippen MR) is 85.0 cm³/mol. The first-order chi connectivity index (χ1) is 10.6. The average Bonchev–Trinajstić information content (AvgIpc) is 3.18. The summed E-state index contributed by atoms with van der Waals surface area (Å²) in [5, 5.41) is 0.504. The van der Waals surface area contributed by atoms with Gasteiger partial charge in [-0.05, 0) is 42.9 Å². The fraction of sp³-hybridized carbons (Fsp3) is 0.412. The molecule has 3 rings (SSSR count). The van der Waals surface area contributed by atoms with Gasteiger partial charge in [-0.3, -0.25) is 4.79 Å². The van der Waals surface area contributed by atoms with Gasteiger partial charge in [-0.1, -0.05) is 29.8 Å². The van der Waals surface area contributed by atoms with E-state index in [1.54, 1.807) is 6.33 Å². The summed E-state index contributed by atoms with van der Waals surface area (Å²) in [4.78, 5) is 15.8. The highest BCUT2D eigenvalue weighted by Gasteiger charge is 2.45.